The van der Waals surface area contributed by atoms with E-state index in [9.17, 15) is 64.7 Å². The van der Waals surface area contributed by atoms with Gasteiger partial charge in [0.2, 0.25) is 0 Å². The number of Topliss-reactive ketones (excluding diaryl/α,β-unsaturated/α-hetero) is 1. The Balaban J connectivity index is 0.000000180. The van der Waals surface area contributed by atoms with Gasteiger partial charge in [0.05, 0.1) is 90.7 Å². The summed E-state index contributed by atoms with van der Waals surface area (Å²) in [5, 5.41) is 5.57. The van der Waals surface area contributed by atoms with Crippen molar-refractivity contribution < 1.29 is 93.1 Å². The summed E-state index contributed by atoms with van der Waals surface area (Å²) < 4.78 is 108. The van der Waals surface area contributed by atoms with Crippen molar-refractivity contribution in [2.75, 3.05) is 67.1 Å². The number of rotatable bonds is 16. The average molecular weight is 1180 g/mol. The van der Waals surface area contributed by atoms with Crippen molar-refractivity contribution in [1.82, 2.24) is 10.6 Å². The maximum atomic E-state index is 14.1. The predicted octanol–water partition coefficient (Wildman–Crippen LogP) is 8.43. The molecule has 0 radical (unpaired) electrons. The summed E-state index contributed by atoms with van der Waals surface area (Å²) in [5.41, 5.74) is 10.3. The SMILES string of the molecule is CCOC(=O)CC(=O)CCl.COC(=O)/C=C(\N)CF.COC(=O)C1=C(CF)NC2=C(C(=O)OC2)[C@@H]1c1cc(F)ccc1C1CC1.COC(=O)C1=C(CF)NC2=C(C(=O)OC2)[C@H]1c1cc(F)ccc1C1CC1.O=Cc1cc(F)ccc1C1CC1. The quantitative estimate of drug-likeness (QED) is 0.0232. The summed E-state index contributed by atoms with van der Waals surface area (Å²) in [5.74, 6) is -6.40. The van der Waals surface area contributed by atoms with E-state index in [2.05, 4.69) is 20.1 Å². The van der Waals surface area contributed by atoms with Crippen molar-refractivity contribution in [2.45, 2.75) is 81.5 Å². The molecule has 17 nitrogen and oxygen atoms in total. The number of aldehydes is 1. The van der Waals surface area contributed by atoms with Crippen LogP contribution in [0.4, 0.5) is 26.3 Å². The molecular weight excluding hydrogens is 1120 g/mol. The monoisotopic (exact) mass is 1180 g/mol. The maximum absolute atomic E-state index is 14.1. The molecule has 4 N–H and O–H groups in total. The summed E-state index contributed by atoms with van der Waals surface area (Å²) >= 11 is 5.14. The fourth-order valence-corrected chi connectivity index (χ4v) is 9.60. The minimum absolute atomic E-state index is 0.0138. The fourth-order valence-electron chi connectivity index (χ4n) is 9.50. The van der Waals surface area contributed by atoms with Gasteiger partial charge in [0.1, 0.15) is 63.4 Å². The van der Waals surface area contributed by atoms with Crippen LogP contribution in [0.2, 0.25) is 0 Å². The van der Waals surface area contributed by atoms with E-state index in [1.165, 1.54) is 57.7 Å². The van der Waals surface area contributed by atoms with Crippen molar-refractivity contribution in [1.29, 1.82) is 0 Å². The fraction of sp³-hybridized carbons (Fsp3) is 0.390. The largest absolute Gasteiger partial charge is 0.466 e. The van der Waals surface area contributed by atoms with E-state index in [0.29, 0.717) is 40.6 Å². The number of ketones is 1. The van der Waals surface area contributed by atoms with Crippen LogP contribution in [0.15, 0.2) is 111 Å². The zero-order chi connectivity index (χ0) is 60.7. The highest BCUT2D eigenvalue weighted by molar-refractivity contribution is 6.28. The van der Waals surface area contributed by atoms with E-state index in [1.54, 1.807) is 25.1 Å². The van der Waals surface area contributed by atoms with Gasteiger partial charge in [-0.25, -0.2) is 50.3 Å². The molecule has 3 aromatic rings. The number of benzene rings is 3. The minimum Gasteiger partial charge on any atom is -0.466 e. The number of methoxy groups -OCH3 is 3. The summed E-state index contributed by atoms with van der Waals surface area (Å²) in [6.07, 6.45) is 7.49. The van der Waals surface area contributed by atoms with Gasteiger partial charge in [-0.1, -0.05) is 18.2 Å². The number of ether oxygens (including phenoxy) is 6. The Morgan fingerprint density at radius 3 is 1.43 bits per heavy atom. The number of nitrogens with two attached hydrogens (primary N) is 1. The third-order valence-electron chi connectivity index (χ3n) is 13.7. The molecule has 0 spiro atoms. The molecular formula is C59H60ClF6N3O14. The third kappa shape index (κ3) is 16.3. The van der Waals surface area contributed by atoms with E-state index in [4.69, 9.17) is 36.3 Å². The van der Waals surface area contributed by atoms with Crippen LogP contribution in [0.5, 0.6) is 0 Å². The Bertz CT molecular complexity index is 3040. The zero-order valence-electron chi connectivity index (χ0n) is 45.6. The predicted molar refractivity (Wildman–Crippen MR) is 286 cm³/mol. The number of carbonyl (C=O) groups is 8. The first-order valence-corrected chi connectivity index (χ1v) is 26.6. The number of alkyl halides is 4. The Kier molecular flexibility index (Phi) is 22.9. The number of cyclic esters (lactones) is 2. The Morgan fingerprint density at radius 1 is 0.651 bits per heavy atom. The molecule has 3 aromatic carbocycles. The Hall–Kier alpha value is -8.21. The molecule has 0 bridgehead atoms. The van der Waals surface area contributed by atoms with Crippen LogP contribution in [0.1, 0.15) is 120 Å². The normalized spacial score (nSPS) is 18.5. The Labute approximate surface area is 478 Å². The smallest absolute Gasteiger partial charge is 0.337 e. The van der Waals surface area contributed by atoms with E-state index in [0.717, 1.165) is 67.6 Å². The summed E-state index contributed by atoms with van der Waals surface area (Å²) in [6, 6.07) is 13.1. The molecule has 10 rings (SSSR count). The van der Waals surface area contributed by atoms with E-state index >= 15 is 0 Å². The molecule has 4 heterocycles. The highest BCUT2D eigenvalue weighted by Crippen LogP contribution is 2.51. The van der Waals surface area contributed by atoms with Crippen LogP contribution in [-0.2, 0) is 62.0 Å². The van der Waals surface area contributed by atoms with Gasteiger partial charge in [-0.3, -0.25) is 14.4 Å². The molecule has 0 amide bonds. The zero-order valence-corrected chi connectivity index (χ0v) is 46.3. The van der Waals surface area contributed by atoms with E-state index < -0.39 is 79.3 Å². The highest BCUT2D eigenvalue weighted by Gasteiger charge is 2.46. The number of allylic oxidation sites excluding steroid dienone is 3. The van der Waals surface area contributed by atoms with Crippen LogP contribution in [0.25, 0.3) is 0 Å². The third-order valence-corrected chi connectivity index (χ3v) is 14.0. The number of nitrogens with one attached hydrogen (secondary N) is 2. The van der Waals surface area contributed by atoms with Gasteiger partial charge in [0.15, 0.2) is 5.78 Å². The summed E-state index contributed by atoms with van der Waals surface area (Å²) in [4.78, 5) is 91.3. The lowest BCUT2D eigenvalue weighted by atomic mass is 9.78. The molecule has 0 aromatic heterocycles. The van der Waals surface area contributed by atoms with Gasteiger partial charge in [0.25, 0.3) is 0 Å². The van der Waals surface area contributed by atoms with Gasteiger partial charge >= 0.3 is 35.8 Å². The molecule has 4 aliphatic heterocycles. The number of dihydropyridines is 2. The standard InChI is InChI=1S/2C19H17F2NO4.C10H9FO.C6H9ClO3.C5H8FNO2/c2*1-25-18(23)16-13(7-20)22-14-8-26-19(24)17(14)15(16)12-6-10(21)4-5-11(12)9-2-3-9;11-9-3-4-10(7-1-2-7)8(5-9)6-12;1-2-10-6(9)3-5(8)4-7;1-9-5(8)2-4(7)3-6/h2*4-6,9,15,22H,2-3,7-8H2,1H3;3-7H,1-2H2;2-4H2,1H3;2H,3,7H2,1H3/b;;;;4-2-/t2*15-;;;/m10.../s1. The van der Waals surface area contributed by atoms with Crippen molar-refractivity contribution in [3.63, 3.8) is 0 Å². The molecule has 0 saturated heterocycles. The molecule has 3 saturated carbocycles. The van der Waals surface area contributed by atoms with Crippen molar-refractivity contribution in [3.8, 4) is 0 Å². The van der Waals surface area contributed by atoms with Gasteiger partial charge in [-0.15, -0.1) is 11.6 Å². The molecule has 3 fully saturated rings. The number of esters is 6. The molecule has 24 heteroatoms. The Morgan fingerprint density at radius 2 is 1.07 bits per heavy atom. The van der Waals surface area contributed by atoms with Crippen LogP contribution < -0.4 is 16.4 Å². The number of hydrogen-bond donors (Lipinski definition) is 3. The highest BCUT2D eigenvalue weighted by atomic mass is 35.5. The van der Waals surface area contributed by atoms with Crippen LogP contribution in [-0.4, -0.2) is 115 Å². The lowest BCUT2D eigenvalue weighted by molar-refractivity contribution is -0.145. The number of carbonyl (C=O) groups excluding carboxylic acids is 8. The maximum Gasteiger partial charge on any atom is 0.337 e. The van der Waals surface area contributed by atoms with Gasteiger partial charge < -0.3 is 44.8 Å². The average Bonchev–Trinajstić information content (AvgIpc) is 3.62. The molecule has 7 aliphatic rings. The summed E-state index contributed by atoms with van der Waals surface area (Å²) in [7, 11) is 3.57. The van der Waals surface area contributed by atoms with Crippen molar-refractivity contribution in [3.05, 3.63) is 162 Å². The van der Waals surface area contributed by atoms with Gasteiger partial charge in [-0.2, -0.15) is 0 Å². The van der Waals surface area contributed by atoms with Crippen molar-refractivity contribution >= 4 is 59.5 Å². The van der Waals surface area contributed by atoms with Gasteiger partial charge in [0, 0.05) is 17.3 Å². The lowest BCUT2D eigenvalue weighted by Gasteiger charge is -2.29. The summed E-state index contributed by atoms with van der Waals surface area (Å²) in [6.45, 7) is -0.792. The molecule has 444 valence electrons. The van der Waals surface area contributed by atoms with E-state index in [-0.39, 0.29) is 88.3 Å². The van der Waals surface area contributed by atoms with Crippen LogP contribution in [0.3, 0.4) is 0 Å². The second-order valence-corrected chi connectivity index (χ2v) is 19.6. The van der Waals surface area contributed by atoms with Crippen LogP contribution >= 0.6 is 11.6 Å². The topological polar surface area (TPSA) is 242 Å². The van der Waals surface area contributed by atoms with E-state index in [1.807, 2.05) is 0 Å². The molecule has 2 atom stereocenters. The number of halogens is 7. The lowest BCUT2D eigenvalue weighted by Crippen LogP contribution is -2.32. The van der Waals surface area contributed by atoms with Crippen molar-refractivity contribution in [2.24, 2.45) is 5.73 Å². The molecule has 3 aliphatic carbocycles. The molecule has 83 heavy (non-hydrogen) atoms. The first-order chi connectivity index (χ1) is 39.8. The second kappa shape index (κ2) is 29.7. The first kappa shape index (κ1) is 64.0. The number of hydrogen-bond acceptors (Lipinski definition) is 17. The molecule has 0 unspecified atom stereocenters. The van der Waals surface area contributed by atoms with Gasteiger partial charge in [-0.05, 0) is 127 Å². The minimum atomic E-state index is -0.944. The first-order valence-electron chi connectivity index (χ1n) is 26.1. The second-order valence-electron chi connectivity index (χ2n) is 19.4. The van der Waals surface area contributed by atoms with Crippen LogP contribution in [0, 0.1) is 17.5 Å².